The lowest BCUT2D eigenvalue weighted by Crippen LogP contribution is -2.50. The van der Waals surface area contributed by atoms with Gasteiger partial charge >= 0.3 is 5.97 Å². The molecule has 0 aliphatic carbocycles. The molecular formula is C28H36N2O4. The number of carbonyl (C=O) groups is 3. The summed E-state index contributed by atoms with van der Waals surface area (Å²) >= 11 is 0. The zero-order chi connectivity index (χ0) is 25.0. The Morgan fingerprint density at radius 3 is 2.09 bits per heavy atom. The summed E-state index contributed by atoms with van der Waals surface area (Å²) in [7, 11) is 0. The molecule has 182 valence electrons. The molecule has 34 heavy (non-hydrogen) atoms. The topological polar surface area (TPSA) is 84.5 Å². The van der Waals surface area contributed by atoms with Crippen molar-refractivity contribution in [1.82, 2.24) is 10.6 Å². The highest BCUT2D eigenvalue weighted by molar-refractivity contribution is 5.90. The summed E-state index contributed by atoms with van der Waals surface area (Å²) in [6.07, 6.45) is 2.86. The molecule has 6 heteroatoms. The van der Waals surface area contributed by atoms with Crippen LogP contribution >= 0.6 is 0 Å². The second-order valence-electron chi connectivity index (χ2n) is 9.29. The molecule has 0 saturated carbocycles. The molecule has 0 aliphatic heterocycles. The van der Waals surface area contributed by atoms with Crippen molar-refractivity contribution >= 4 is 17.8 Å². The number of hydrogen-bond acceptors (Lipinski definition) is 4. The van der Waals surface area contributed by atoms with E-state index in [9.17, 15) is 14.4 Å². The van der Waals surface area contributed by atoms with E-state index in [0.717, 1.165) is 11.1 Å². The first-order chi connectivity index (χ1) is 16.2. The SMILES string of the molecule is C=CC[C@H](CC(=O)OC(C)(C)C)C(=O)N[C@@H](Cc1ccccc1)C(=O)NCCc1ccccc1. The fourth-order valence-electron chi connectivity index (χ4n) is 3.52. The molecule has 0 spiro atoms. The van der Waals surface area contributed by atoms with Gasteiger partial charge in [0.25, 0.3) is 0 Å². The highest BCUT2D eigenvalue weighted by Crippen LogP contribution is 2.16. The molecule has 0 aliphatic rings. The fourth-order valence-corrected chi connectivity index (χ4v) is 3.52. The van der Waals surface area contributed by atoms with Gasteiger partial charge in [0.05, 0.1) is 12.3 Å². The van der Waals surface area contributed by atoms with E-state index in [0.29, 0.717) is 25.8 Å². The summed E-state index contributed by atoms with van der Waals surface area (Å²) in [6.45, 7) is 9.50. The molecule has 0 bridgehead atoms. The smallest absolute Gasteiger partial charge is 0.307 e. The van der Waals surface area contributed by atoms with Gasteiger partial charge in [-0.3, -0.25) is 14.4 Å². The van der Waals surface area contributed by atoms with Crippen LogP contribution in [0.2, 0.25) is 0 Å². The third-order valence-corrected chi connectivity index (χ3v) is 5.13. The Labute approximate surface area is 202 Å². The summed E-state index contributed by atoms with van der Waals surface area (Å²) in [4.78, 5) is 38.4. The minimum absolute atomic E-state index is 0.0805. The molecule has 2 aromatic rings. The molecule has 0 heterocycles. The van der Waals surface area contributed by atoms with Gasteiger partial charge in [0.15, 0.2) is 0 Å². The van der Waals surface area contributed by atoms with Crippen LogP contribution in [0.4, 0.5) is 0 Å². The molecule has 2 amide bonds. The summed E-state index contributed by atoms with van der Waals surface area (Å²) in [5, 5.41) is 5.79. The Balaban J connectivity index is 2.06. The first-order valence-corrected chi connectivity index (χ1v) is 11.7. The predicted octanol–water partition coefficient (Wildman–Crippen LogP) is 4.00. The number of esters is 1. The monoisotopic (exact) mass is 464 g/mol. The molecule has 0 aromatic heterocycles. The van der Waals surface area contributed by atoms with E-state index in [1.165, 1.54) is 0 Å². The quantitative estimate of drug-likeness (QED) is 0.367. The fraction of sp³-hybridized carbons (Fsp3) is 0.393. The van der Waals surface area contributed by atoms with E-state index >= 15 is 0 Å². The Hall–Kier alpha value is -3.41. The van der Waals surface area contributed by atoms with Crippen LogP contribution in [0.25, 0.3) is 0 Å². The summed E-state index contributed by atoms with van der Waals surface area (Å²) in [5.74, 6) is -1.75. The number of hydrogen-bond donors (Lipinski definition) is 2. The molecule has 2 atom stereocenters. The van der Waals surface area contributed by atoms with Crippen LogP contribution in [0.3, 0.4) is 0 Å². The van der Waals surface area contributed by atoms with E-state index in [-0.39, 0.29) is 18.2 Å². The van der Waals surface area contributed by atoms with Gasteiger partial charge in [0.2, 0.25) is 11.8 Å². The van der Waals surface area contributed by atoms with Crippen molar-refractivity contribution < 1.29 is 19.1 Å². The predicted molar refractivity (Wildman–Crippen MR) is 134 cm³/mol. The van der Waals surface area contributed by atoms with Gasteiger partial charge < -0.3 is 15.4 Å². The van der Waals surface area contributed by atoms with Gasteiger partial charge in [-0.25, -0.2) is 0 Å². The molecule has 2 rings (SSSR count). The van der Waals surface area contributed by atoms with Crippen molar-refractivity contribution in [2.24, 2.45) is 5.92 Å². The minimum atomic E-state index is -0.767. The maximum absolute atomic E-state index is 13.1. The summed E-state index contributed by atoms with van der Waals surface area (Å²) in [6, 6.07) is 18.6. The highest BCUT2D eigenvalue weighted by atomic mass is 16.6. The number of nitrogens with one attached hydrogen (secondary N) is 2. The minimum Gasteiger partial charge on any atom is -0.460 e. The maximum Gasteiger partial charge on any atom is 0.307 e. The first-order valence-electron chi connectivity index (χ1n) is 11.7. The van der Waals surface area contributed by atoms with Crippen molar-refractivity contribution in [3.8, 4) is 0 Å². The number of amides is 2. The van der Waals surface area contributed by atoms with Crippen LogP contribution in [0.1, 0.15) is 44.7 Å². The molecule has 0 fully saturated rings. The third-order valence-electron chi connectivity index (χ3n) is 5.13. The van der Waals surface area contributed by atoms with Crippen molar-refractivity contribution in [1.29, 1.82) is 0 Å². The number of carbonyl (C=O) groups excluding carboxylic acids is 3. The largest absolute Gasteiger partial charge is 0.460 e. The van der Waals surface area contributed by atoms with E-state index in [1.54, 1.807) is 26.8 Å². The number of benzene rings is 2. The molecule has 2 N–H and O–H groups in total. The van der Waals surface area contributed by atoms with Gasteiger partial charge in [-0.15, -0.1) is 6.58 Å². The lowest BCUT2D eigenvalue weighted by Gasteiger charge is -2.24. The van der Waals surface area contributed by atoms with Crippen molar-refractivity contribution in [2.45, 2.75) is 58.1 Å². The summed E-state index contributed by atoms with van der Waals surface area (Å²) < 4.78 is 5.38. The average Bonchev–Trinajstić information content (AvgIpc) is 2.78. The van der Waals surface area contributed by atoms with E-state index in [2.05, 4.69) is 17.2 Å². The number of allylic oxidation sites excluding steroid dienone is 1. The van der Waals surface area contributed by atoms with Crippen molar-refractivity contribution in [2.75, 3.05) is 6.54 Å². The molecule has 2 aromatic carbocycles. The van der Waals surface area contributed by atoms with Crippen LogP contribution in [-0.4, -0.2) is 36.0 Å². The molecular weight excluding hydrogens is 428 g/mol. The Morgan fingerprint density at radius 2 is 1.53 bits per heavy atom. The lowest BCUT2D eigenvalue weighted by atomic mass is 9.98. The second-order valence-corrected chi connectivity index (χ2v) is 9.29. The molecule has 0 unspecified atom stereocenters. The Bertz CT molecular complexity index is 936. The molecule has 0 saturated heterocycles. The number of ether oxygens (including phenoxy) is 1. The van der Waals surface area contributed by atoms with E-state index < -0.39 is 23.5 Å². The van der Waals surface area contributed by atoms with E-state index in [4.69, 9.17) is 4.74 Å². The van der Waals surface area contributed by atoms with E-state index in [1.807, 2.05) is 60.7 Å². The van der Waals surface area contributed by atoms with Crippen LogP contribution in [0.5, 0.6) is 0 Å². The lowest BCUT2D eigenvalue weighted by molar-refractivity contribution is -0.157. The third kappa shape index (κ3) is 10.0. The van der Waals surface area contributed by atoms with Gasteiger partial charge in [0, 0.05) is 13.0 Å². The molecule has 6 nitrogen and oxygen atoms in total. The second kappa shape index (κ2) is 13.3. The first kappa shape index (κ1) is 26.8. The summed E-state index contributed by atoms with van der Waals surface area (Å²) in [5.41, 5.74) is 1.41. The van der Waals surface area contributed by atoms with Gasteiger partial charge in [-0.05, 0) is 44.7 Å². The van der Waals surface area contributed by atoms with Gasteiger partial charge in [-0.1, -0.05) is 66.7 Å². The van der Waals surface area contributed by atoms with Gasteiger partial charge in [-0.2, -0.15) is 0 Å². The van der Waals surface area contributed by atoms with Crippen molar-refractivity contribution in [3.05, 3.63) is 84.4 Å². The van der Waals surface area contributed by atoms with Crippen LogP contribution in [-0.2, 0) is 32.0 Å². The zero-order valence-corrected chi connectivity index (χ0v) is 20.4. The van der Waals surface area contributed by atoms with Crippen LogP contribution in [0.15, 0.2) is 73.3 Å². The Morgan fingerprint density at radius 1 is 0.941 bits per heavy atom. The van der Waals surface area contributed by atoms with Crippen molar-refractivity contribution in [3.63, 3.8) is 0 Å². The Kier molecular flexibility index (Phi) is 10.5. The highest BCUT2D eigenvalue weighted by Gasteiger charge is 2.28. The van der Waals surface area contributed by atoms with Crippen LogP contribution < -0.4 is 10.6 Å². The van der Waals surface area contributed by atoms with Gasteiger partial charge in [0.1, 0.15) is 11.6 Å². The standard InChI is InChI=1S/C28H36N2O4/c1-5-12-23(20-25(31)34-28(2,3)4)26(32)30-24(19-22-15-10-7-11-16-22)27(33)29-18-17-21-13-8-6-9-14-21/h5-11,13-16,23-24H,1,12,17-20H2,2-4H3,(H,29,33)(H,30,32)/t23-,24+/m1/s1. The normalized spacial score (nSPS) is 12.8. The maximum atomic E-state index is 13.1. The zero-order valence-electron chi connectivity index (χ0n) is 20.4. The molecule has 0 radical (unpaired) electrons. The number of rotatable bonds is 12. The van der Waals surface area contributed by atoms with Crippen LogP contribution in [0, 0.1) is 5.92 Å². The average molecular weight is 465 g/mol.